The maximum Gasteiger partial charge on any atom is 0.171 e. The van der Waals surface area contributed by atoms with Gasteiger partial charge in [-0.25, -0.2) is 4.99 Å². The molecule has 1 atom stereocenters. The molecular weight excluding hydrogens is 234 g/mol. The van der Waals surface area contributed by atoms with Crippen molar-refractivity contribution in [3.8, 4) is 0 Å². The van der Waals surface area contributed by atoms with E-state index in [-0.39, 0.29) is 6.17 Å². The summed E-state index contributed by atoms with van der Waals surface area (Å²) in [4.78, 5) is 4.07. The van der Waals surface area contributed by atoms with E-state index in [1.807, 2.05) is 37.3 Å². The van der Waals surface area contributed by atoms with Gasteiger partial charge in [-0.3, -0.25) is 0 Å². The molecule has 0 spiro atoms. The molecule has 0 fully saturated rings. The van der Waals surface area contributed by atoms with Crippen LogP contribution in [0.25, 0.3) is 0 Å². The highest BCUT2D eigenvalue weighted by Gasteiger charge is 2.10. The van der Waals surface area contributed by atoms with Crippen molar-refractivity contribution in [2.45, 2.75) is 13.1 Å². The predicted molar refractivity (Wildman–Crippen MR) is 69.1 cm³/mol. The van der Waals surface area contributed by atoms with Crippen LogP contribution in [0.15, 0.2) is 45.9 Å². The predicted octanol–water partition coefficient (Wildman–Crippen LogP) is 3.20. The molecule has 1 heterocycles. The first-order valence-corrected chi connectivity index (χ1v) is 5.52. The normalized spacial score (nSPS) is 11.6. The Morgan fingerprint density at radius 2 is 2.18 bits per heavy atom. The largest absolute Gasteiger partial charge is 0.360 e. The molecule has 1 unspecified atom stereocenters. The molecule has 0 radical (unpaired) electrons. The Hall–Kier alpha value is -1.97. The summed E-state index contributed by atoms with van der Waals surface area (Å²) >= 11 is 4.65. The molecule has 2 aromatic rings. The Morgan fingerprint density at radius 3 is 2.76 bits per heavy atom. The lowest BCUT2D eigenvalue weighted by Crippen LogP contribution is -2.08. The maximum atomic E-state index is 4.98. The number of anilines is 1. The summed E-state index contributed by atoms with van der Waals surface area (Å²) in [7, 11) is 0. The number of benzene rings is 1. The molecule has 1 aromatic carbocycles. The van der Waals surface area contributed by atoms with Crippen molar-refractivity contribution in [1.29, 1.82) is 0 Å². The van der Waals surface area contributed by atoms with Gasteiger partial charge < -0.3 is 9.84 Å². The number of aromatic nitrogens is 1. The number of nitrogens with one attached hydrogen (secondary N) is 1. The Kier molecular flexibility index (Phi) is 3.65. The third kappa shape index (κ3) is 3.00. The fourth-order valence-electron chi connectivity index (χ4n) is 1.45. The first kappa shape index (κ1) is 11.5. The van der Waals surface area contributed by atoms with E-state index in [0.29, 0.717) is 5.82 Å². The van der Waals surface area contributed by atoms with Crippen LogP contribution >= 0.6 is 12.2 Å². The summed E-state index contributed by atoms with van der Waals surface area (Å²) in [6, 6.07) is 11.5. The maximum absolute atomic E-state index is 4.98. The van der Waals surface area contributed by atoms with Gasteiger partial charge in [-0.2, -0.15) is 0 Å². The first-order valence-electron chi connectivity index (χ1n) is 5.11. The Bertz CT molecular complexity index is 532. The molecule has 4 nitrogen and oxygen atoms in total. The van der Waals surface area contributed by atoms with Gasteiger partial charge >= 0.3 is 0 Å². The van der Waals surface area contributed by atoms with Crippen molar-refractivity contribution in [3.05, 3.63) is 47.7 Å². The molecule has 0 saturated heterocycles. The van der Waals surface area contributed by atoms with E-state index in [4.69, 9.17) is 4.52 Å². The fraction of sp³-hybridized carbons (Fsp3) is 0.167. The SMILES string of the molecule is Cc1cc(NC(N=C=S)c2ccccc2)no1. The van der Waals surface area contributed by atoms with Crippen LogP contribution < -0.4 is 5.32 Å². The number of aliphatic imine (C=N–C) groups is 1. The molecule has 1 N–H and O–H groups in total. The van der Waals surface area contributed by atoms with E-state index >= 15 is 0 Å². The van der Waals surface area contributed by atoms with Gasteiger partial charge in [0.05, 0.1) is 5.16 Å². The van der Waals surface area contributed by atoms with Crippen LogP contribution in [0.4, 0.5) is 5.82 Å². The topological polar surface area (TPSA) is 50.4 Å². The monoisotopic (exact) mass is 245 g/mol. The van der Waals surface area contributed by atoms with Gasteiger partial charge in [0.25, 0.3) is 0 Å². The third-order valence-electron chi connectivity index (χ3n) is 2.21. The molecule has 17 heavy (non-hydrogen) atoms. The average molecular weight is 245 g/mol. The molecule has 0 saturated carbocycles. The molecule has 0 aliphatic rings. The summed E-state index contributed by atoms with van der Waals surface area (Å²) in [5.41, 5.74) is 0.991. The quantitative estimate of drug-likeness (QED) is 0.664. The van der Waals surface area contributed by atoms with E-state index in [2.05, 4.69) is 32.8 Å². The second kappa shape index (κ2) is 5.39. The van der Waals surface area contributed by atoms with Crippen LogP contribution in [-0.2, 0) is 0 Å². The van der Waals surface area contributed by atoms with Gasteiger partial charge in [0.2, 0.25) is 0 Å². The van der Waals surface area contributed by atoms with Gasteiger partial charge in [-0.15, -0.1) is 0 Å². The first-order chi connectivity index (χ1) is 8.29. The lowest BCUT2D eigenvalue weighted by Gasteiger charge is -2.11. The van der Waals surface area contributed by atoms with Gasteiger partial charge in [0.1, 0.15) is 5.76 Å². The molecule has 0 aliphatic heterocycles. The highest BCUT2D eigenvalue weighted by atomic mass is 32.1. The second-order valence-electron chi connectivity index (χ2n) is 3.50. The summed E-state index contributed by atoms with van der Waals surface area (Å²) < 4.78 is 4.98. The number of thiocarbonyl (C=S) groups is 1. The molecule has 0 amide bonds. The number of hydrogen-bond donors (Lipinski definition) is 1. The minimum absolute atomic E-state index is 0.293. The number of aryl methyl sites for hydroxylation is 1. The van der Waals surface area contributed by atoms with Crippen LogP contribution in [0, 0.1) is 6.92 Å². The zero-order chi connectivity index (χ0) is 12.1. The Morgan fingerprint density at radius 1 is 1.41 bits per heavy atom. The van der Waals surface area contributed by atoms with Crippen LogP contribution in [0.2, 0.25) is 0 Å². The van der Waals surface area contributed by atoms with Crippen molar-refractivity contribution in [1.82, 2.24) is 5.16 Å². The van der Waals surface area contributed by atoms with Crippen LogP contribution in [-0.4, -0.2) is 10.3 Å². The highest BCUT2D eigenvalue weighted by Crippen LogP contribution is 2.19. The van der Waals surface area contributed by atoms with E-state index < -0.39 is 0 Å². The number of hydrogen-bond acceptors (Lipinski definition) is 5. The minimum Gasteiger partial charge on any atom is -0.360 e. The Balaban J connectivity index is 2.21. The molecule has 5 heteroatoms. The van der Waals surface area contributed by atoms with Gasteiger partial charge in [0.15, 0.2) is 12.0 Å². The lowest BCUT2D eigenvalue weighted by atomic mass is 10.2. The second-order valence-corrected chi connectivity index (χ2v) is 3.68. The van der Waals surface area contributed by atoms with Crippen molar-refractivity contribution < 1.29 is 4.52 Å². The van der Waals surface area contributed by atoms with E-state index in [1.165, 1.54) is 0 Å². The fourth-order valence-corrected chi connectivity index (χ4v) is 1.56. The van der Waals surface area contributed by atoms with Gasteiger partial charge in [-0.05, 0) is 24.7 Å². The van der Waals surface area contributed by atoms with Crippen molar-refractivity contribution >= 4 is 23.2 Å². The van der Waals surface area contributed by atoms with Crippen molar-refractivity contribution in [2.75, 3.05) is 5.32 Å². The minimum atomic E-state index is -0.293. The standard InChI is InChI=1S/C12H11N3OS/c1-9-7-11(15-16-9)14-12(13-8-17)10-5-3-2-4-6-10/h2-7,12H,1H3,(H,14,15). The lowest BCUT2D eigenvalue weighted by molar-refractivity contribution is 0.399. The highest BCUT2D eigenvalue weighted by molar-refractivity contribution is 7.78. The molecule has 86 valence electrons. The number of rotatable bonds is 4. The molecule has 2 rings (SSSR count). The molecule has 1 aromatic heterocycles. The van der Waals surface area contributed by atoms with Crippen LogP contribution in [0.1, 0.15) is 17.5 Å². The third-order valence-corrected chi connectivity index (χ3v) is 2.32. The molecule has 0 bridgehead atoms. The summed E-state index contributed by atoms with van der Waals surface area (Å²) in [5, 5.41) is 9.35. The Labute approximate surface area is 104 Å². The van der Waals surface area contributed by atoms with Gasteiger partial charge in [0, 0.05) is 6.07 Å². The summed E-state index contributed by atoms with van der Waals surface area (Å²) in [5.74, 6) is 1.37. The number of nitrogens with zero attached hydrogens (tertiary/aromatic N) is 2. The van der Waals surface area contributed by atoms with Crippen LogP contribution in [0.5, 0.6) is 0 Å². The average Bonchev–Trinajstić information content (AvgIpc) is 2.75. The van der Waals surface area contributed by atoms with Crippen molar-refractivity contribution in [2.24, 2.45) is 4.99 Å². The van der Waals surface area contributed by atoms with Crippen molar-refractivity contribution in [3.63, 3.8) is 0 Å². The molecule has 0 aliphatic carbocycles. The zero-order valence-electron chi connectivity index (χ0n) is 9.25. The zero-order valence-corrected chi connectivity index (χ0v) is 10.1. The van der Waals surface area contributed by atoms with E-state index in [0.717, 1.165) is 11.3 Å². The van der Waals surface area contributed by atoms with Crippen LogP contribution in [0.3, 0.4) is 0 Å². The van der Waals surface area contributed by atoms with E-state index in [1.54, 1.807) is 6.07 Å². The van der Waals surface area contributed by atoms with Gasteiger partial charge in [-0.1, -0.05) is 35.5 Å². The summed E-state index contributed by atoms with van der Waals surface area (Å²) in [6.07, 6.45) is -0.293. The summed E-state index contributed by atoms with van der Waals surface area (Å²) in [6.45, 7) is 1.83. The van der Waals surface area contributed by atoms with E-state index in [9.17, 15) is 0 Å². The number of isothiocyanates is 1. The molecular formula is C12H11N3OS. The smallest absolute Gasteiger partial charge is 0.171 e.